The van der Waals surface area contributed by atoms with Crippen molar-refractivity contribution in [3.05, 3.63) is 70.7 Å². The quantitative estimate of drug-likeness (QED) is 0.376. The van der Waals surface area contributed by atoms with Crippen molar-refractivity contribution in [3.8, 4) is 5.75 Å². The van der Waals surface area contributed by atoms with Crippen LogP contribution < -0.4 is 15.9 Å². The Balaban J connectivity index is 1.61. The predicted octanol–water partition coefficient (Wildman–Crippen LogP) is 4.10. The smallest absolute Gasteiger partial charge is 0.277 e. The topological polar surface area (TPSA) is 76.7 Å². The molecule has 26 heavy (non-hydrogen) atoms. The average molecular weight is 412 g/mol. The molecule has 0 radical (unpaired) electrons. The summed E-state index contributed by atoms with van der Waals surface area (Å²) in [5.41, 5.74) is 10.4. The fourth-order valence-electron chi connectivity index (χ4n) is 2.44. The Kier molecular flexibility index (Phi) is 5.53. The van der Waals surface area contributed by atoms with Gasteiger partial charge in [0.05, 0.1) is 10.2 Å². The lowest BCUT2D eigenvalue weighted by atomic mass is 10.1. The van der Waals surface area contributed by atoms with Crippen LogP contribution >= 0.6 is 15.9 Å². The van der Waals surface area contributed by atoms with E-state index in [2.05, 4.69) is 26.5 Å². The monoisotopic (exact) mass is 411 g/mol. The first-order chi connectivity index (χ1) is 12.5. The molecular formula is C20H18BrN3O2. The van der Waals surface area contributed by atoms with Crippen molar-refractivity contribution < 1.29 is 9.53 Å². The van der Waals surface area contributed by atoms with Gasteiger partial charge >= 0.3 is 0 Å². The Morgan fingerprint density at radius 1 is 1.12 bits per heavy atom. The van der Waals surface area contributed by atoms with Crippen molar-refractivity contribution in [1.29, 1.82) is 0 Å². The number of hydrazone groups is 1. The van der Waals surface area contributed by atoms with Crippen molar-refractivity contribution in [2.24, 2.45) is 5.10 Å². The first-order valence-electron chi connectivity index (χ1n) is 8.03. The van der Waals surface area contributed by atoms with E-state index in [0.29, 0.717) is 17.1 Å². The number of nitrogens with one attached hydrogen (secondary N) is 1. The minimum Gasteiger partial charge on any atom is -0.483 e. The molecule has 0 aliphatic rings. The van der Waals surface area contributed by atoms with Gasteiger partial charge in [-0.1, -0.05) is 42.5 Å². The van der Waals surface area contributed by atoms with E-state index in [1.54, 1.807) is 12.1 Å². The van der Waals surface area contributed by atoms with E-state index in [-0.39, 0.29) is 12.5 Å². The number of ether oxygens (including phenoxy) is 1. The summed E-state index contributed by atoms with van der Waals surface area (Å²) >= 11 is 3.54. The van der Waals surface area contributed by atoms with E-state index in [1.807, 2.05) is 55.5 Å². The van der Waals surface area contributed by atoms with Gasteiger partial charge < -0.3 is 10.5 Å². The van der Waals surface area contributed by atoms with E-state index in [4.69, 9.17) is 10.5 Å². The number of hydrogen-bond donors (Lipinski definition) is 2. The van der Waals surface area contributed by atoms with Gasteiger partial charge in [0.1, 0.15) is 5.75 Å². The number of carbonyl (C=O) groups excluding carboxylic acids is 1. The molecule has 0 heterocycles. The van der Waals surface area contributed by atoms with Gasteiger partial charge in [0.25, 0.3) is 5.91 Å². The normalized spacial score (nSPS) is 11.4. The summed E-state index contributed by atoms with van der Waals surface area (Å²) in [4.78, 5) is 12.0. The van der Waals surface area contributed by atoms with Crippen molar-refractivity contribution >= 4 is 44.0 Å². The maximum Gasteiger partial charge on any atom is 0.277 e. The summed E-state index contributed by atoms with van der Waals surface area (Å²) in [6.45, 7) is 1.68. The van der Waals surface area contributed by atoms with Crippen LogP contribution in [-0.2, 0) is 4.79 Å². The number of carbonyl (C=O) groups is 1. The molecule has 0 aliphatic heterocycles. The third-order valence-electron chi connectivity index (χ3n) is 3.86. The van der Waals surface area contributed by atoms with E-state index in [1.165, 1.54) is 0 Å². The molecule has 0 saturated heterocycles. The van der Waals surface area contributed by atoms with E-state index in [0.717, 1.165) is 20.8 Å². The van der Waals surface area contributed by atoms with Crippen LogP contribution in [0.4, 0.5) is 5.69 Å². The van der Waals surface area contributed by atoms with Gasteiger partial charge in [-0.25, -0.2) is 5.43 Å². The number of nitrogens with two attached hydrogens (primary N) is 1. The lowest BCUT2D eigenvalue weighted by molar-refractivity contribution is -0.123. The molecule has 1 amide bonds. The highest BCUT2D eigenvalue weighted by Crippen LogP contribution is 2.32. The summed E-state index contributed by atoms with van der Waals surface area (Å²) in [5.74, 6) is 0.276. The predicted molar refractivity (Wildman–Crippen MR) is 108 cm³/mol. The minimum atomic E-state index is -0.333. The Bertz CT molecular complexity index is 968. The Morgan fingerprint density at radius 3 is 2.62 bits per heavy atom. The van der Waals surface area contributed by atoms with Crippen molar-refractivity contribution in [1.82, 2.24) is 5.43 Å². The van der Waals surface area contributed by atoms with Crippen molar-refractivity contribution in [2.75, 3.05) is 12.3 Å². The first-order valence-corrected chi connectivity index (χ1v) is 8.83. The lowest BCUT2D eigenvalue weighted by Crippen LogP contribution is -2.25. The highest BCUT2D eigenvalue weighted by Gasteiger charge is 2.08. The zero-order valence-corrected chi connectivity index (χ0v) is 15.8. The molecule has 0 spiro atoms. The number of amides is 1. The van der Waals surface area contributed by atoms with E-state index >= 15 is 0 Å². The SMILES string of the molecule is CC(=NNC(=O)COc1ccc2ccccc2c1Br)c1ccc(N)cc1. The van der Waals surface area contributed by atoms with E-state index in [9.17, 15) is 4.79 Å². The second-order valence-corrected chi connectivity index (χ2v) is 6.53. The molecule has 0 bridgehead atoms. The molecule has 3 aromatic rings. The van der Waals surface area contributed by atoms with Crippen LogP contribution in [0.3, 0.4) is 0 Å². The molecule has 132 valence electrons. The number of benzene rings is 3. The molecule has 0 aromatic heterocycles. The van der Waals surface area contributed by atoms with Gasteiger partial charge in [0.2, 0.25) is 0 Å². The fraction of sp³-hybridized carbons (Fsp3) is 0.100. The Hall–Kier alpha value is -2.86. The fourth-order valence-corrected chi connectivity index (χ4v) is 3.04. The molecule has 3 aromatic carbocycles. The van der Waals surface area contributed by atoms with Crippen LogP contribution in [0.5, 0.6) is 5.75 Å². The summed E-state index contributed by atoms with van der Waals surface area (Å²) in [5, 5.41) is 6.22. The van der Waals surface area contributed by atoms with Crippen molar-refractivity contribution in [2.45, 2.75) is 6.92 Å². The zero-order valence-electron chi connectivity index (χ0n) is 14.2. The number of rotatable bonds is 5. The van der Waals surface area contributed by atoms with Gasteiger partial charge in [-0.05, 0) is 57.4 Å². The number of nitrogen functional groups attached to an aromatic ring is 1. The molecule has 6 heteroatoms. The second kappa shape index (κ2) is 8.01. The highest BCUT2D eigenvalue weighted by atomic mass is 79.9. The Labute approximate surface area is 160 Å². The van der Waals surface area contributed by atoms with Gasteiger partial charge in [-0.15, -0.1) is 0 Å². The van der Waals surface area contributed by atoms with Crippen LogP contribution in [0.15, 0.2) is 70.2 Å². The summed E-state index contributed by atoms with van der Waals surface area (Å²) in [6.07, 6.45) is 0. The van der Waals surface area contributed by atoms with Gasteiger partial charge in [0.15, 0.2) is 6.61 Å². The van der Waals surface area contributed by atoms with Gasteiger partial charge in [0, 0.05) is 5.69 Å². The first kappa shape index (κ1) is 17.9. The molecule has 0 aliphatic carbocycles. The molecule has 0 fully saturated rings. The third kappa shape index (κ3) is 4.21. The zero-order chi connectivity index (χ0) is 18.5. The van der Waals surface area contributed by atoms with Crippen LogP contribution in [0, 0.1) is 0 Å². The summed E-state index contributed by atoms with van der Waals surface area (Å²) in [7, 11) is 0. The van der Waals surface area contributed by atoms with Crippen LogP contribution in [-0.4, -0.2) is 18.2 Å². The van der Waals surface area contributed by atoms with Crippen LogP contribution in [0.1, 0.15) is 12.5 Å². The molecular weight excluding hydrogens is 394 g/mol. The third-order valence-corrected chi connectivity index (χ3v) is 4.68. The number of halogens is 1. The van der Waals surface area contributed by atoms with Crippen molar-refractivity contribution in [3.63, 3.8) is 0 Å². The summed E-state index contributed by atoms with van der Waals surface area (Å²) in [6, 6.07) is 19.0. The number of hydrogen-bond acceptors (Lipinski definition) is 4. The average Bonchev–Trinajstić information content (AvgIpc) is 2.66. The number of anilines is 1. The Morgan fingerprint density at radius 2 is 1.85 bits per heavy atom. The van der Waals surface area contributed by atoms with Gasteiger partial charge in [-0.3, -0.25) is 4.79 Å². The number of nitrogens with zero attached hydrogens (tertiary/aromatic N) is 1. The molecule has 3 N–H and O–H groups in total. The standard InChI is InChI=1S/C20H18BrN3O2/c1-13(14-6-9-16(22)10-7-14)23-24-19(25)12-26-18-11-8-15-4-2-3-5-17(15)20(18)21/h2-11H,12,22H2,1H3,(H,24,25). The maximum absolute atomic E-state index is 12.0. The molecule has 3 rings (SSSR count). The largest absolute Gasteiger partial charge is 0.483 e. The summed E-state index contributed by atoms with van der Waals surface area (Å²) < 4.78 is 6.44. The molecule has 5 nitrogen and oxygen atoms in total. The second-order valence-electron chi connectivity index (χ2n) is 5.74. The highest BCUT2D eigenvalue weighted by molar-refractivity contribution is 9.10. The molecule has 0 atom stereocenters. The van der Waals surface area contributed by atoms with E-state index < -0.39 is 0 Å². The lowest BCUT2D eigenvalue weighted by Gasteiger charge is -2.10. The van der Waals surface area contributed by atoms with Crippen LogP contribution in [0.2, 0.25) is 0 Å². The van der Waals surface area contributed by atoms with Crippen LogP contribution in [0.25, 0.3) is 10.8 Å². The maximum atomic E-state index is 12.0. The minimum absolute atomic E-state index is 0.130. The van der Waals surface area contributed by atoms with Gasteiger partial charge in [-0.2, -0.15) is 5.10 Å². The molecule has 0 unspecified atom stereocenters. The number of fused-ring (bicyclic) bond motifs is 1. The molecule has 0 saturated carbocycles.